The van der Waals surface area contributed by atoms with Crippen molar-refractivity contribution in [2.45, 2.75) is 38.5 Å². The number of rotatable bonds is 8. The predicted molar refractivity (Wildman–Crippen MR) is 80.6 cm³/mol. The van der Waals surface area contributed by atoms with Gasteiger partial charge in [0.05, 0.1) is 6.61 Å². The van der Waals surface area contributed by atoms with Gasteiger partial charge in [0.15, 0.2) is 0 Å². The van der Waals surface area contributed by atoms with Gasteiger partial charge >= 0.3 is 0 Å². The average molecular weight is 261 g/mol. The predicted octanol–water partition coefficient (Wildman–Crippen LogP) is 3.37. The monoisotopic (exact) mass is 261 g/mol. The van der Waals surface area contributed by atoms with E-state index in [2.05, 4.69) is 36.5 Å². The molecule has 1 aliphatic carbocycles. The molecule has 0 amide bonds. The Morgan fingerprint density at radius 1 is 1.26 bits per heavy atom. The fourth-order valence-electron chi connectivity index (χ4n) is 2.66. The summed E-state index contributed by atoms with van der Waals surface area (Å²) in [5, 5.41) is 3.43. The van der Waals surface area contributed by atoms with Crippen molar-refractivity contribution in [2.24, 2.45) is 5.92 Å². The Balaban J connectivity index is 1.72. The van der Waals surface area contributed by atoms with Crippen LogP contribution in [-0.2, 0) is 11.2 Å². The zero-order chi connectivity index (χ0) is 13.5. The summed E-state index contributed by atoms with van der Waals surface area (Å²) in [6, 6.07) is 9.31. The number of benzene rings is 1. The van der Waals surface area contributed by atoms with Crippen LogP contribution in [0.5, 0.6) is 0 Å². The van der Waals surface area contributed by atoms with E-state index in [-0.39, 0.29) is 0 Å². The van der Waals surface area contributed by atoms with Crippen molar-refractivity contribution in [3.63, 3.8) is 0 Å². The Kier molecular flexibility index (Phi) is 5.87. The first-order chi connectivity index (χ1) is 9.29. The van der Waals surface area contributed by atoms with Crippen LogP contribution in [-0.4, -0.2) is 26.8 Å². The lowest BCUT2D eigenvalue weighted by molar-refractivity contribution is 0.198. The molecule has 1 unspecified atom stereocenters. The molecule has 106 valence electrons. The van der Waals surface area contributed by atoms with Crippen molar-refractivity contribution in [1.82, 2.24) is 5.32 Å². The molecular weight excluding hydrogens is 234 g/mol. The number of methoxy groups -OCH3 is 1. The smallest absolute Gasteiger partial charge is 0.0587 e. The molecule has 0 heterocycles. The molecule has 19 heavy (non-hydrogen) atoms. The molecule has 0 saturated heterocycles. The topological polar surface area (TPSA) is 21.3 Å². The van der Waals surface area contributed by atoms with Gasteiger partial charge in [0.1, 0.15) is 0 Å². The summed E-state index contributed by atoms with van der Waals surface area (Å²) in [5.74, 6) is 1.52. The van der Waals surface area contributed by atoms with Crippen LogP contribution < -0.4 is 5.32 Å². The molecule has 1 fully saturated rings. The van der Waals surface area contributed by atoms with Gasteiger partial charge in [0, 0.05) is 13.7 Å². The first-order valence-corrected chi connectivity index (χ1v) is 7.58. The normalized spacial score (nSPS) is 17.2. The van der Waals surface area contributed by atoms with E-state index in [4.69, 9.17) is 4.74 Å². The Bertz CT molecular complexity index is 356. The van der Waals surface area contributed by atoms with E-state index in [0.717, 1.165) is 32.0 Å². The Hall–Kier alpha value is -0.860. The minimum atomic E-state index is 0.673. The summed E-state index contributed by atoms with van der Waals surface area (Å²) in [4.78, 5) is 0. The summed E-state index contributed by atoms with van der Waals surface area (Å²) in [6.07, 6.45) is 5.35. The number of ether oxygens (including phenoxy) is 1. The molecule has 2 nitrogen and oxygen atoms in total. The Morgan fingerprint density at radius 3 is 2.58 bits per heavy atom. The highest BCUT2D eigenvalue weighted by Crippen LogP contribution is 2.36. The quantitative estimate of drug-likeness (QED) is 0.724. The van der Waals surface area contributed by atoms with Crippen LogP contribution in [0.2, 0.25) is 0 Å². The highest BCUT2D eigenvalue weighted by atomic mass is 16.5. The van der Waals surface area contributed by atoms with E-state index in [1.807, 2.05) is 0 Å². The van der Waals surface area contributed by atoms with Gasteiger partial charge in [-0.2, -0.15) is 0 Å². The van der Waals surface area contributed by atoms with Gasteiger partial charge in [-0.05, 0) is 48.8 Å². The van der Waals surface area contributed by atoms with E-state index in [0.29, 0.717) is 5.92 Å². The molecule has 2 heteroatoms. The van der Waals surface area contributed by atoms with E-state index in [9.17, 15) is 0 Å². The van der Waals surface area contributed by atoms with Crippen molar-refractivity contribution in [1.29, 1.82) is 0 Å². The molecule has 0 spiro atoms. The molecule has 1 N–H and O–H groups in total. The van der Waals surface area contributed by atoms with Crippen LogP contribution in [0.1, 0.15) is 43.2 Å². The second-order valence-corrected chi connectivity index (χ2v) is 5.88. The maximum absolute atomic E-state index is 5.03. The van der Waals surface area contributed by atoms with E-state index in [1.165, 1.54) is 24.8 Å². The van der Waals surface area contributed by atoms with Crippen LogP contribution in [0.25, 0.3) is 0 Å². The SMILES string of the molecule is COCCNCC(C)Cc1ccc(C2CCC2)cc1. The molecule has 1 aromatic rings. The molecule has 0 bridgehead atoms. The van der Waals surface area contributed by atoms with Crippen molar-refractivity contribution in [3.8, 4) is 0 Å². The number of hydrogen-bond acceptors (Lipinski definition) is 2. The maximum atomic E-state index is 5.03. The van der Waals surface area contributed by atoms with Crippen LogP contribution in [0.15, 0.2) is 24.3 Å². The fraction of sp³-hybridized carbons (Fsp3) is 0.647. The second-order valence-electron chi connectivity index (χ2n) is 5.88. The van der Waals surface area contributed by atoms with Crippen LogP contribution in [0.4, 0.5) is 0 Å². The van der Waals surface area contributed by atoms with Crippen LogP contribution in [0.3, 0.4) is 0 Å². The first kappa shape index (κ1) is 14.5. The second kappa shape index (κ2) is 7.66. The Labute approximate surface area is 117 Å². The zero-order valence-electron chi connectivity index (χ0n) is 12.3. The van der Waals surface area contributed by atoms with Gasteiger partial charge < -0.3 is 10.1 Å². The maximum Gasteiger partial charge on any atom is 0.0587 e. The largest absolute Gasteiger partial charge is 0.383 e. The van der Waals surface area contributed by atoms with Crippen LogP contribution >= 0.6 is 0 Å². The van der Waals surface area contributed by atoms with Gasteiger partial charge in [-0.3, -0.25) is 0 Å². The van der Waals surface area contributed by atoms with Gasteiger partial charge in [-0.15, -0.1) is 0 Å². The lowest BCUT2D eigenvalue weighted by Crippen LogP contribution is -2.25. The van der Waals surface area contributed by atoms with Crippen LogP contribution in [0, 0.1) is 5.92 Å². The molecule has 0 aromatic heterocycles. The van der Waals surface area contributed by atoms with E-state index >= 15 is 0 Å². The molecule has 1 aromatic carbocycles. The van der Waals surface area contributed by atoms with Gasteiger partial charge in [-0.25, -0.2) is 0 Å². The minimum absolute atomic E-state index is 0.673. The highest BCUT2D eigenvalue weighted by Gasteiger charge is 2.18. The summed E-state index contributed by atoms with van der Waals surface area (Å²) in [7, 11) is 1.74. The first-order valence-electron chi connectivity index (χ1n) is 7.58. The average Bonchev–Trinajstić information content (AvgIpc) is 2.35. The minimum Gasteiger partial charge on any atom is -0.383 e. The molecule has 1 saturated carbocycles. The molecular formula is C17H27NO. The van der Waals surface area contributed by atoms with Crippen molar-refractivity contribution >= 4 is 0 Å². The standard InChI is InChI=1S/C17H27NO/c1-14(13-18-10-11-19-2)12-15-6-8-17(9-7-15)16-4-3-5-16/h6-9,14,16,18H,3-5,10-13H2,1-2H3. The third-order valence-electron chi connectivity index (χ3n) is 4.12. The van der Waals surface area contributed by atoms with Crippen molar-refractivity contribution in [2.75, 3.05) is 26.8 Å². The summed E-state index contributed by atoms with van der Waals surface area (Å²) < 4.78 is 5.03. The van der Waals surface area contributed by atoms with Crippen molar-refractivity contribution in [3.05, 3.63) is 35.4 Å². The summed E-state index contributed by atoms with van der Waals surface area (Å²) in [6.45, 7) is 5.11. The van der Waals surface area contributed by atoms with Crippen molar-refractivity contribution < 1.29 is 4.74 Å². The molecule has 1 aliphatic rings. The molecule has 0 aliphatic heterocycles. The Morgan fingerprint density at radius 2 is 2.00 bits per heavy atom. The zero-order valence-corrected chi connectivity index (χ0v) is 12.3. The van der Waals surface area contributed by atoms with Gasteiger partial charge in [-0.1, -0.05) is 37.6 Å². The van der Waals surface area contributed by atoms with Gasteiger partial charge in [0.2, 0.25) is 0 Å². The molecule has 2 rings (SSSR count). The number of hydrogen-bond donors (Lipinski definition) is 1. The molecule has 1 atom stereocenters. The third kappa shape index (κ3) is 4.63. The highest BCUT2D eigenvalue weighted by molar-refractivity contribution is 5.26. The lowest BCUT2D eigenvalue weighted by Gasteiger charge is -2.26. The number of nitrogens with one attached hydrogen (secondary N) is 1. The van der Waals surface area contributed by atoms with E-state index in [1.54, 1.807) is 12.7 Å². The summed E-state index contributed by atoms with van der Waals surface area (Å²) in [5.41, 5.74) is 3.00. The lowest BCUT2D eigenvalue weighted by atomic mass is 9.80. The van der Waals surface area contributed by atoms with Gasteiger partial charge in [0.25, 0.3) is 0 Å². The fourth-order valence-corrected chi connectivity index (χ4v) is 2.66. The summed E-state index contributed by atoms with van der Waals surface area (Å²) >= 11 is 0. The van der Waals surface area contributed by atoms with E-state index < -0.39 is 0 Å². The third-order valence-corrected chi connectivity index (χ3v) is 4.12. The molecule has 0 radical (unpaired) electrons.